The molecule has 0 rings (SSSR count). The van der Waals surface area contributed by atoms with E-state index in [0.29, 0.717) is 6.54 Å². The van der Waals surface area contributed by atoms with Crippen LogP contribution in [0.2, 0.25) is 0 Å². The van der Waals surface area contributed by atoms with Crippen molar-refractivity contribution >= 4 is 28.5 Å². The van der Waals surface area contributed by atoms with Crippen molar-refractivity contribution < 1.29 is 4.57 Å². The molecule has 0 unspecified atom stereocenters. The first kappa shape index (κ1) is 11.4. The zero-order valence-corrected chi connectivity index (χ0v) is 9.03. The molecule has 0 fully saturated rings. The van der Waals surface area contributed by atoms with Gasteiger partial charge in [0.05, 0.1) is 0 Å². The highest BCUT2D eigenvalue weighted by Crippen LogP contribution is 2.60. The maximum atomic E-state index is 11.1. The van der Waals surface area contributed by atoms with Crippen LogP contribution in [-0.2, 0) is 4.57 Å². The predicted octanol–water partition coefficient (Wildman–Crippen LogP) is 3.82. The standard InChI is InChI=1S/C6H12Cl2NOP/c1-3-5-9(6-4-2)11(7,8)10/h3,5H,4,6H2,1-2H3. The number of allylic oxidation sites excluding steroid dienone is 1. The lowest BCUT2D eigenvalue weighted by Crippen LogP contribution is -2.09. The van der Waals surface area contributed by atoms with Crippen LogP contribution in [-0.4, -0.2) is 11.2 Å². The van der Waals surface area contributed by atoms with Crippen molar-refractivity contribution in [3.05, 3.63) is 12.3 Å². The molecule has 0 radical (unpaired) electrons. The third-order valence-electron chi connectivity index (χ3n) is 1.07. The summed E-state index contributed by atoms with van der Waals surface area (Å²) in [6, 6.07) is 0. The summed E-state index contributed by atoms with van der Waals surface area (Å²) in [5.41, 5.74) is 0. The van der Waals surface area contributed by atoms with Gasteiger partial charge in [0, 0.05) is 12.7 Å². The molecule has 0 aromatic rings. The first-order chi connectivity index (χ1) is 5.02. The molecule has 0 amide bonds. The Morgan fingerprint density at radius 1 is 1.55 bits per heavy atom. The first-order valence-electron chi connectivity index (χ1n) is 3.41. The molecule has 0 heterocycles. The molecule has 0 aliphatic rings. The Morgan fingerprint density at radius 2 is 2.09 bits per heavy atom. The van der Waals surface area contributed by atoms with Crippen molar-refractivity contribution in [2.45, 2.75) is 20.3 Å². The molecule has 0 spiro atoms. The predicted molar refractivity (Wildman–Crippen MR) is 51.1 cm³/mol. The molecule has 5 heteroatoms. The highest BCUT2D eigenvalue weighted by atomic mass is 35.9. The Balaban J connectivity index is 4.22. The van der Waals surface area contributed by atoms with Crippen molar-refractivity contribution in [3.63, 3.8) is 0 Å². The van der Waals surface area contributed by atoms with Gasteiger partial charge in [0.2, 0.25) is 0 Å². The van der Waals surface area contributed by atoms with Gasteiger partial charge in [-0.3, -0.25) is 4.57 Å². The zero-order chi connectivity index (χ0) is 8.91. The van der Waals surface area contributed by atoms with E-state index in [1.54, 1.807) is 12.3 Å². The molecule has 0 atom stereocenters. The highest BCUT2D eigenvalue weighted by Gasteiger charge is 2.20. The summed E-state index contributed by atoms with van der Waals surface area (Å²) in [5, 5.41) is 0. The topological polar surface area (TPSA) is 20.3 Å². The fraction of sp³-hybridized carbons (Fsp3) is 0.667. The SMILES string of the molecule is CC=CN(CCC)P(=O)(Cl)Cl. The van der Waals surface area contributed by atoms with Crippen molar-refractivity contribution in [2.24, 2.45) is 0 Å². The number of hydrogen-bond acceptors (Lipinski definition) is 1. The summed E-state index contributed by atoms with van der Waals surface area (Å²) >= 11 is 10.9. The monoisotopic (exact) mass is 215 g/mol. The molecular weight excluding hydrogens is 204 g/mol. The second-order valence-electron chi connectivity index (χ2n) is 2.08. The van der Waals surface area contributed by atoms with Gasteiger partial charge in [0.1, 0.15) is 0 Å². The van der Waals surface area contributed by atoms with Crippen LogP contribution in [0.15, 0.2) is 12.3 Å². The largest absolute Gasteiger partial charge is 0.345 e. The van der Waals surface area contributed by atoms with Crippen molar-refractivity contribution in [2.75, 3.05) is 6.54 Å². The van der Waals surface area contributed by atoms with E-state index in [4.69, 9.17) is 22.5 Å². The molecule has 0 N–H and O–H groups in total. The lowest BCUT2D eigenvalue weighted by molar-refractivity contribution is 0.517. The van der Waals surface area contributed by atoms with E-state index in [1.165, 1.54) is 4.67 Å². The Kier molecular flexibility index (Phi) is 5.24. The van der Waals surface area contributed by atoms with Gasteiger partial charge in [-0.2, -0.15) is 0 Å². The normalized spacial score (nSPS) is 12.4. The average Bonchev–Trinajstić information content (AvgIpc) is 1.85. The maximum Gasteiger partial charge on any atom is 0.345 e. The summed E-state index contributed by atoms with van der Waals surface area (Å²) < 4.78 is 12.6. The Morgan fingerprint density at radius 3 is 2.36 bits per heavy atom. The van der Waals surface area contributed by atoms with Crippen molar-refractivity contribution in [1.82, 2.24) is 4.67 Å². The van der Waals surface area contributed by atoms with E-state index < -0.39 is 6.00 Å². The number of rotatable bonds is 4. The lowest BCUT2D eigenvalue weighted by Gasteiger charge is -2.19. The van der Waals surface area contributed by atoms with Crippen LogP contribution >= 0.6 is 28.5 Å². The van der Waals surface area contributed by atoms with Gasteiger partial charge in [0.25, 0.3) is 0 Å². The number of nitrogens with zero attached hydrogens (tertiary/aromatic N) is 1. The second-order valence-corrected chi connectivity index (χ2v) is 6.73. The van der Waals surface area contributed by atoms with E-state index >= 15 is 0 Å². The van der Waals surface area contributed by atoms with Gasteiger partial charge in [-0.15, -0.1) is 0 Å². The third kappa shape index (κ3) is 4.73. The molecular formula is C6H12Cl2NOP. The van der Waals surface area contributed by atoms with E-state index in [2.05, 4.69) is 0 Å². The van der Waals surface area contributed by atoms with E-state index in [-0.39, 0.29) is 0 Å². The minimum absolute atomic E-state index is 0.620. The Bertz CT molecular complexity index is 177. The lowest BCUT2D eigenvalue weighted by atomic mass is 10.5. The smallest absolute Gasteiger partial charge is 0.306 e. The summed E-state index contributed by atoms with van der Waals surface area (Å²) in [7, 11) is 0. The zero-order valence-electron chi connectivity index (χ0n) is 6.63. The van der Waals surface area contributed by atoms with Crippen molar-refractivity contribution in [3.8, 4) is 0 Å². The number of halogens is 2. The first-order valence-corrected chi connectivity index (χ1v) is 6.88. The van der Waals surface area contributed by atoms with Crippen LogP contribution in [0.3, 0.4) is 0 Å². The van der Waals surface area contributed by atoms with Gasteiger partial charge in [-0.25, -0.2) is 0 Å². The van der Waals surface area contributed by atoms with Crippen LogP contribution in [0.1, 0.15) is 20.3 Å². The molecule has 66 valence electrons. The fourth-order valence-electron chi connectivity index (χ4n) is 0.670. The molecule has 0 aromatic heterocycles. The molecule has 2 nitrogen and oxygen atoms in total. The van der Waals surface area contributed by atoms with Gasteiger partial charge in [0.15, 0.2) is 0 Å². The molecule has 0 aromatic carbocycles. The van der Waals surface area contributed by atoms with Crippen LogP contribution in [0.25, 0.3) is 0 Å². The van der Waals surface area contributed by atoms with Gasteiger partial charge < -0.3 is 4.67 Å². The molecule has 0 bridgehead atoms. The van der Waals surface area contributed by atoms with E-state index in [0.717, 1.165) is 6.42 Å². The summed E-state index contributed by atoms with van der Waals surface area (Å²) in [6.45, 7) is 4.42. The molecule has 0 saturated carbocycles. The quantitative estimate of drug-likeness (QED) is 0.665. The summed E-state index contributed by atoms with van der Waals surface area (Å²) in [5.74, 6) is -3.12. The minimum Gasteiger partial charge on any atom is -0.306 e. The third-order valence-corrected chi connectivity index (χ3v) is 3.17. The van der Waals surface area contributed by atoms with Gasteiger partial charge >= 0.3 is 6.00 Å². The van der Waals surface area contributed by atoms with Crippen LogP contribution < -0.4 is 0 Å². The van der Waals surface area contributed by atoms with E-state index in [9.17, 15) is 4.57 Å². The van der Waals surface area contributed by atoms with Crippen LogP contribution in [0, 0.1) is 0 Å². The van der Waals surface area contributed by atoms with Gasteiger partial charge in [-0.05, 0) is 35.8 Å². The highest BCUT2D eigenvalue weighted by molar-refractivity contribution is 8.07. The van der Waals surface area contributed by atoms with Crippen LogP contribution in [0.5, 0.6) is 0 Å². The molecule has 11 heavy (non-hydrogen) atoms. The fourth-order valence-corrected chi connectivity index (χ4v) is 2.15. The maximum absolute atomic E-state index is 11.1. The summed E-state index contributed by atoms with van der Waals surface area (Å²) in [6.07, 6.45) is 4.27. The Hall–Kier alpha value is 0.350. The minimum atomic E-state index is -3.12. The molecule has 0 aliphatic heterocycles. The Labute approximate surface area is 77.2 Å². The van der Waals surface area contributed by atoms with Gasteiger partial charge in [-0.1, -0.05) is 13.0 Å². The van der Waals surface area contributed by atoms with Crippen LogP contribution in [0.4, 0.5) is 0 Å². The second kappa shape index (κ2) is 5.08. The molecule has 0 aliphatic carbocycles. The molecule has 0 saturated heterocycles. The number of hydrogen-bond donors (Lipinski definition) is 0. The average molecular weight is 216 g/mol. The van der Waals surface area contributed by atoms with Crippen molar-refractivity contribution in [1.29, 1.82) is 0 Å². The summed E-state index contributed by atoms with van der Waals surface area (Å²) in [4.78, 5) is 0. The van der Waals surface area contributed by atoms with E-state index in [1.807, 2.05) is 13.8 Å².